The number of alkyl halides is 2. The first-order chi connectivity index (χ1) is 16.8. The van der Waals surface area contributed by atoms with Crippen molar-refractivity contribution in [2.45, 2.75) is 37.9 Å². The summed E-state index contributed by atoms with van der Waals surface area (Å²) in [4.78, 5) is 41.7. The molecule has 10 nitrogen and oxygen atoms in total. The molecular formula is C23H20F2N6O4. The molecule has 12 heteroatoms. The lowest BCUT2D eigenvalue weighted by Crippen LogP contribution is -2.52. The molecule has 3 aromatic rings. The highest BCUT2D eigenvalue weighted by molar-refractivity contribution is 6.05. The molecule has 2 aliphatic rings. The number of fused-ring (bicyclic) bond motifs is 1. The normalized spacial score (nSPS) is 18.0. The van der Waals surface area contributed by atoms with E-state index < -0.39 is 29.3 Å². The van der Waals surface area contributed by atoms with Gasteiger partial charge in [-0.2, -0.15) is 8.78 Å². The SMILES string of the molecule is COc1cccc(C(F)(F)c2cn(Cc3ccc4c(c3)CN(C3CCC(=O)NC3=O)C4=O)nn2)n1. The number of nitrogens with one attached hydrogen (secondary N) is 1. The molecule has 0 bridgehead atoms. The predicted molar refractivity (Wildman–Crippen MR) is 115 cm³/mol. The fourth-order valence-corrected chi connectivity index (χ4v) is 4.27. The quantitative estimate of drug-likeness (QED) is 0.531. The van der Waals surface area contributed by atoms with Gasteiger partial charge in [0.25, 0.3) is 5.91 Å². The zero-order chi connectivity index (χ0) is 24.7. The molecule has 1 N–H and O–H groups in total. The van der Waals surface area contributed by atoms with E-state index in [0.717, 1.165) is 11.8 Å². The van der Waals surface area contributed by atoms with Crippen LogP contribution in [0.5, 0.6) is 5.88 Å². The van der Waals surface area contributed by atoms with Crippen LogP contribution in [0.15, 0.2) is 42.6 Å². The summed E-state index contributed by atoms with van der Waals surface area (Å²) in [7, 11) is 1.34. The van der Waals surface area contributed by atoms with E-state index in [1.165, 1.54) is 34.9 Å². The Bertz CT molecular complexity index is 1340. The largest absolute Gasteiger partial charge is 0.481 e. The fraction of sp³-hybridized carbons (Fsp3) is 0.304. The molecule has 4 heterocycles. The number of hydrogen-bond acceptors (Lipinski definition) is 7. The Hall–Kier alpha value is -4.22. The fourth-order valence-electron chi connectivity index (χ4n) is 4.27. The smallest absolute Gasteiger partial charge is 0.334 e. The van der Waals surface area contributed by atoms with Gasteiger partial charge in [0.05, 0.1) is 19.9 Å². The van der Waals surface area contributed by atoms with Gasteiger partial charge < -0.3 is 9.64 Å². The molecule has 1 saturated heterocycles. The average molecular weight is 482 g/mol. The molecule has 1 atom stereocenters. The summed E-state index contributed by atoms with van der Waals surface area (Å²) in [6, 6.07) is 8.50. The van der Waals surface area contributed by atoms with Crippen molar-refractivity contribution in [3.63, 3.8) is 0 Å². The third-order valence-corrected chi connectivity index (χ3v) is 6.05. The molecule has 1 fully saturated rings. The summed E-state index contributed by atoms with van der Waals surface area (Å²) in [6.45, 7) is 0.366. The minimum absolute atomic E-state index is 0.0635. The third kappa shape index (κ3) is 4.11. The van der Waals surface area contributed by atoms with Crippen LogP contribution in [0.3, 0.4) is 0 Å². The molecule has 180 valence electrons. The molecule has 0 aliphatic carbocycles. The van der Waals surface area contributed by atoms with Crippen LogP contribution in [-0.4, -0.2) is 55.8 Å². The number of aromatic nitrogens is 4. The van der Waals surface area contributed by atoms with E-state index in [1.54, 1.807) is 18.2 Å². The number of ether oxygens (including phenoxy) is 1. The van der Waals surface area contributed by atoms with Gasteiger partial charge in [-0.3, -0.25) is 19.7 Å². The van der Waals surface area contributed by atoms with Crippen LogP contribution in [-0.2, 0) is 28.6 Å². The van der Waals surface area contributed by atoms with Gasteiger partial charge in [0.2, 0.25) is 17.7 Å². The highest BCUT2D eigenvalue weighted by Crippen LogP contribution is 2.34. The lowest BCUT2D eigenvalue weighted by atomic mass is 10.0. The number of piperidine rings is 1. The molecule has 2 aliphatic heterocycles. The van der Waals surface area contributed by atoms with Crippen LogP contribution in [0.2, 0.25) is 0 Å². The Kier molecular flexibility index (Phi) is 5.50. The lowest BCUT2D eigenvalue weighted by Gasteiger charge is -2.29. The average Bonchev–Trinajstić information content (AvgIpc) is 3.44. The van der Waals surface area contributed by atoms with E-state index in [4.69, 9.17) is 4.74 Å². The van der Waals surface area contributed by atoms with Crippen molar-refractivity contribution < 1.29 is 27.9 Å². The van der Waals surface area contributed by atoms with Gasteiger partial charge in [-0.25, -0.2) is 9.67 Å². The van der Waals surface area contributed by atoms with Crippen molar-refractivity contribution in [3.05, 3.63) is 70.7 Å². The van der Waals surface area contributed by atoms with Crippen LogP contribution < -0.4 is 10.1 Å². The number of benzene rings is 1. The first kappa shape index (κ1) is 22.6. The Labute approximate surface area is 197 Å². The number of methoxy groups -OCH3 is 1. The number of carbonyl (C=O) groups excluding carboxylic acids is 3. The minimum atomic E-state index is -3.47. The maximum Gasteiger partial charge on any atom is 0.334 e. The number of amides is 3. The summed E-state index contributed by atoms with van der Waals surface area (Å²) >= 11 is 0. The maximum atomic E-state index is 14.9. The highest BCUT2D eigenvalue weighted by Gasteiger charge is 2.40. The van der Waals surface area contributed by atoms with Gasteiger partial charge in [-0.15, -0.1) is 5.10 Å². The zero-order valence-electron chi connectivity index (χ0n) is 18.6. The number of carbonyl (C=O) groups is 3. The van der Waals surface area contributed by atoms with E-state index in [1.807, 2.05) is 0 Å². The van der Waals surface area contributed by atoms with Gasteiger partial charge in [-0.1, -0.05) is 23.4 Å². The van der Waals surface area contributed by atoms with Gasteiger partial charge >= 0.3 is 5.92 Å². The molecule has 3 amide bonds. The molecule has 2 aromatic heterocycles. The van der Waals surface area contributed by atoms with Crippen LogP contribution in [0, 0.1) is 0 Å². The first-order valence-corrected chi connectivity index (χ1v) is 10.8. The number of imide groups is 1. The van der Waals surface area contributed by atoms with E-state index in [-0.39, 0.29) is 43.6 Å². The maximum absolute atomic E-state index is 14.9. The van der Waals surface area contributed by atoms with Crippen LogP contribution >= 0.6 is 0 Å². The number of pyridine rings is 1. The molecule has 0 saturated carbocycles. The van der Waals surface area contributed by atoms with Gasteiger partial charge in [0.1, 0.15) is 11.7 Å². The number of halogens is 2. The molecule has 5 rings (SSSR count). The predicted octanol–water partition coefficient (Wildman–Crippen LogP) is 1.63. The Morgan fingerprint density at radius 3 is 2.77 bits per heavy atom. The van der Waals surface area contributed by atoms with Crippen molar-refractivity contribution in [3.8, 4) is 5.88 Å². The second-order valence-electron chi connectivity index (χ2n) is 8.33. The van der Waals surface area contributed by atoms with Crippen LogP contribution in [0.4, 0.5) is 8.78 Å². The van der Waals surface area contributed by atoms with Crippen molar-refractivity contribution in [1.82, 2.24) is 30.2 Å². The molecule has 0 spiro atoms. The second kappa shape index (κ2) is 8.53. The zero-order valence-corrected chi connectivity index (χ0v) is 18.6. The molecule has 0 radical (unpaired) electrons. The lowest BCUT2D eigenvalue weighted by molar-refractivity contribution is -0.136. The van der Waals surface area contributed by atoms with Crippen LogP contribution in [0.1, 0.15) is 45.7 Å². The topological polar surface area (TPSA) is 119 Å². The van der Waals surface area contributed by atoms with Gasteiger partial charge in [0, 0.05) is 24.6 Å². The molecular weight excluding hydrogens is 462 g/mol. The standard InChI is InChI=1S/C23H20F2N6O4/c1-35-20-4-2-3-17(26-20)23(24,25)18-12-30(29-28-18)10-13-5-6-15-14(9-13)11-31(22(15)34)16-7-8-19(32)27-21(16)33/h2-6,9,12,16H,7-8,10-11H2,1H3,(H,27,32,33). The number of hydrogen-bond donors (Lipinski definition) is 1. The second-order valence-corrected chi connectivity index (χ2v) is 8.33. The molecule has 35 heavy (non-hydrogen) atoms. The number of rotatable bonds is 6. The Morgan fingerprint density at radius 2 is 2.00 bits per heavy atom. The molecule has 1 aromatic carbocycles. The van der Waals surface area contributed by atoms with Gasteiger partial charge in [-0.05, 0) is 29.7 Å². The summed E-state index contributed by atoms with van der Waals surface area (Å²) in [6.07, 6.45) is 1.59. The van der Waals surface area contributed by atoms with Crippen molar-refractivity contribution in [1.29, 1.82) is 0 Å². The summed E-state index contributed by atoms with van der Waals surface area (Å²) in [5, 5.41) is 9.73. The molecule has 1 unspecified atom stereocenters. The van der Waals surface area contributed by atoms with E-state index >= 15 is 0 Å². The Balaban J connectivity index is 1.32. The number of nitrogens with zero attached hydrogens (tertiary/aromatic N) is 5. The minimum Gasteiger partial charge on any atom is -0.481 e. The van der Waals surface area contributed by atoms with E-state index in [2.05, 4.69) is 20.6 Å². The van der Waals surface area contributed by atoms with Crippen LogP contribution in [0.25, 0.3) is 0 Å². The van der Waals surface area contributed by atoms with E-state index in [0.29, 0.717) is 11.1 Å². The summed E-state index contributed by atoms with van der Waals surface area (Å²) in [5.41, 5.74) is 0.838. The summed E-state index contributed by atoms with van der Waals surface area (Å²) in [5.74, 6) is -4.52. The monoisotopic (exact) mass is 482 g/mol. The third-order valence-electron chi connectivity index (χ3n) is 6.05. The highest BCUT2D eigenvalue weighted by atomic mass is 19.3. The van der Waals surface area contributed by atoms with Crippen molar-refractivity contribution in [2.75, 3.05) is 7.11 Å². The van der Waals surface area contributed by atoms with Gasteiger partial charge in [0.15, 0.2) is 5.69 Å². The van der Waals surface area contributed by atoms with E-state index in [9.17, 15) is 23.2 Å². The van der Waals surface area contributed by atoms with Crippen molar-refractivity contribution in [2.24, 2.45) is 0 Å². The Morgan fingerprint density at radius 1 is 1.17 bits per heavy atom. The summed E-state index contributed by atoms with van der Waals surface area (Å²) < 4.78 is 36.0. The van der Waals surface area contributed by atoms with Crippen molar-refractivity contribution >= 4 is 17.7 Å². The first-order valence-electron chi connectivity index (χ1n) is 10.8.